The Kier molecular flexibility index (Phi) is 5.46. The summed E-state index contributed by atoms with van der Waals surface area (Å²) in [6.45, 7) is 4.52. The molecule has 2 aliphatic heterocycles. The molecular formula is C25H26N6O3. The van der Waals surface area contributed by atoms with Crippen molar-refractivity contribution < 1.29 is 14.1 Å². The molecule has 0 aromatic carbocycles. The summed E-state index contributed by atoms with van der Waals surface area (Å²) in [6.07, 6.45) is 8.26. The summed E-state index contributed by atoms with van der Waals surface area (Å²) in [5.74, 6) is 0.923. The van der Waals surface area contributed by atoms with Crippen LogP contribution in [0.5, 0.6) is 0 Å². The minimum Gasteiger partial charge on any atom is -0.378 e. The Morgan fingerprint density at radius 3 is 2.59 bits per heavy atom. The molecule has 0 unspecified atom stereocenters. The molecule has 174 valence electrons. The van der Waals surface area contributed by atoms with E-state index >= 15 is 0 Å². The van der Waals surface area contributed by atoms with E-state index in [1.165, 1.54) is 6.42 Å². The Bertz CT molecular complexity index is 1300. The third kappa shape index (κ3) is 3.81. The predicted molar refractivity (Wildman–Crippen MR) is 127 cm³/mol. The highest BCUT2D eigenvalue weighted by Gasteiger charge is 2.23. The van der Waals surface area contributed by atoms with Crippen LogP contribution in [-0.4, -0.2) is 70.0 Å². The van der Waals surface area contributed by atoms with Crippen molar-refractivity contribution in [1.82, 2.24) is 24.7 Å². The molecule has 0 radical (unpaired) electrons. The van der Waals surface area contributed by atoms with Crippen LogP contribution in [0.15, 0.2) is 53.5 Å². The normalized spacial score (nSPS) is 16.8. The summed E-state index contributed by atoms with van der Waals surface area (Å²) in [5.41, 5.74) is 4.89. The van der Waals surface area contributed by atoms with E-state index in [2.05, 4.69) is 21.2 Å². The minimum absolute atomic E-state index is 0.0562. The number of amides is 1. The number of likely N-dealkylation sites (tertiary alicyclic amines) is 1. The number of rotatable bonds is 4. The van der Waals surface area contributed by atoms with Gasteiger partial charge >= 0.3 is 0 Å². The van der Waals surface area contributed by atoms with Gasteiger partial charge < -0.3 is 19.1 Å². The Balaban J connectivity index is 1.44. The van der Waals surface area contributed by atoms with Gasteiger partial charge in [-0.05, 0) is 43.5 Å². The van der Waals surface area contributed by atoms with Gasteiger partial charge in [0.1, 0.15) is 12.1 Å². The highest BCUT2D eigenvalue weighted by Crippen LogP contribution is 2.31. The van der Waals surface area contributed by atoms with Crippen LogP contribution < -0.4 is 4.90 Å². The first kappa shape index (κ1) is 20.9. The molecule has 9 nitrogen and oxygen atoms in total. The van der Waals surface area contributed by atoms with Gasteiger partial charge in [-0.25, -0.2) is 9.50 Å². The standard InChI is InChI=1S/C25H26N6O3/c32-25(30-7-2-1-3-8-30)20-16-26-31-22(5-4-6-23(20)31)18-13-21(19-15-27-34-17-19)28-24(14-18)29-9-11-33-12-10-29/h4-6,13-17H,1-3,7-12H2. The third-order valence-corrected chi connectivity index (χ3v) is 6.59. The number of hydrogen-bond donors (Lipinski definition) is 0. The zero-order valence-corrected chi connectivity index (χ0v) is 18.9. The highest BCUT2D eigenvalue weighted by molar-refractivity contribution is 6.01. The number of ether oxygens (including phenoxy) is 1. The summed E-state index contributed by atoms with van der Waals surface area (Å²) >= 11 is 0. The van der Waals surface area contributed by atoms with Crippen LogP contribution in [-0.2, 0) is 4.74 Å². The lowest BCUT2D eigenvalue weighted by Crippen LogP contribution is -2.36. The fourth-order valence-electron chi connectivity index (χ4n) is 4.76. The monoisotopic (exact) mass is 458 g/mol. The molecule has 0 N–H and O–H groups in total. The van der Waals surface area contributed by atoms with Gasteiger partial charge in [0.15, 0.2) is 0 Å². The van der Waals surface area contributed by atoms with Gasteiger partial charge in [0.25, 0.3) is 5.91 Å². The third-order valence-electron chi connectivity index (χ3n) is 6.59. The second-order valence-corrected chi connectivity index (χ2v) is 8.73. The van der Waals surface area contributed by atoms with Crippen molar-refractivity contribution in [3.05, 3.63) is 54.6 Å². The fraction of sp³-hybridized carbons (Fsp3) is 0.360. The average molecular weight is 459 g/mol. The lowest BCUT2D eigenvalue weighted by molar-refractivity contribution is 0.0726. The summed E-state index contributed by atoms with van der Waals surface area (Å²) in [7, 11) is 0. The van der Waals surface area contributed by atoms with Crippen LogP contribution >= 0.6 is 0 Å². The van der Waals surface area contributed by atoms with E-state index in [4.69, 9.17) is 14.2 Å². The van der Waals surface area contributed by atoms with Crippen LogP contribution in [0.1, 0.15) is 29.6 Å². The number of carbonyl (C=O) groups is 1. The van der Waals surface area contributed by atoms with Crippen molar-refractivity contribution in [2.24, 2.45) is 0 Å². The van der Waals surface area contributed by atoms with Crippen molar-refractivity contribution in [3.63, 3.8) is 0 Å². The van der Waals surface area contributed by atoms with Crippen LogP contribution in [0.25, 0.3) is 28.0 Å². The van der Waals surface area contributed by atoms with Gasteiger partial charge in [-0.3, -0.25) is 4.79 Å². The van der Waals surface area contributed by atoms with Gasteiger partial charge in [-0.15, -0.1) is 0 Å². The van der Waals surface area contributed by atoms with Crippen LogP contribution in [0.2, 0.25) is 0 Å². The molecule has 4 aromatic heterocycles. The zero-order valence-electron chi connectivity index (χ0n) is 18.9. The van der Waals surface area contributed by atoms with E-state index in [0.717, 1.165) is 72.9 Å². The molecule has 2 fully saturated rings. The van der Waals surface area contributed by atoms with Crippen LogP contribution in [0.4, 0.5) is 5.82 Å². The number of fused-ring (bicyclic) bond motifs is 1. The van der Waals surface area contributed by atoms with Gasteiger partial charge in [-0.2, -0.15) is 5.10 Å². The number of hydrogen-bond acceptors (Lipinski definition) is 7. The van der Waals surface area contributed by atoms with Gasteiger partial charge in [0.05, 0.1) is 53.6 Å². The Hall–Kier alpha value is -3.72. The van der Waals surface area contributed by atoms with E-state index in [9.17, 15) is 4.79 Å². The molecule has 0 spiro atoms. The summed E-state index contributed by atoms with van der Waals surface area (Å²) in [5, 5.41) is 8.48. The van der Waals surface area contributed by atoms with E-state index in [-0.39, 0.29) is 5.91 Å². The van der Waals surface area contributed by atoms with Crippen LogP contribution in [0.3, 0.4) is 0 Å². The van der Waals surface area contributed by atoms with Crippen molar-refractivity contribution in [2.45, 2.75) is 19.3 Å². The van der Waals surface area contributed by atoms with E-state index < -0.39 is 0 Å². The molecule has 0 atom stereocenters. The Morgan fingerprint density at radius 1 is 0.941 bits per heavy atom. The molecule has 4 aromatic rings. The maximum atomic E-state index is 13.2. The highest BCUT2D eigenvalue weighted by atomic mass is 16.5. The molecule has 34 heavy (non-hydrogen) atoms. The quantitative estimate of drug-likeness (QED) is 0.462. The van der Waals surface area contributed by atoms with Crippen molar-refractivity contribution in [3.8, 4) is 22.5 Å². The van der Waals surface area contributed by atoms with E-state index in [1.807, 2.05) is 33.7 Å². The number of piperidine rings is 1. The van der Waals surface area contributed by atoms with Crippen molar-refractivity contribution in [1.29, 1.82) is 0 Å². The SMILES string of the molecule is O=C(c1cnn2c(-c3cc(-c4cnoc4)nc(N4CCOCC4)c3)cccc12)N1CCCCC1. The molecule has 2 saturated heterocycles. The molecule has 6 heterocycles. The topological polar surface area (TPSA) is 89.0 Å². The lowest BCUT2D eigenvalue weighted by Gasteiger charge is -2.28. The van der Waals surface area contributed by atoms with Crippen molar-refractivity contribution >= 4 is 17.2 Å². The lowest BCUT2D eigenvalue weighted by atomic mass is 10.1. The Morgan fingerprint density at radius 2 is 1.79 bits per heavy atom. The number of carbonyl (C=O) groups excluding carboxylic acids is 1. The number of pyridine rings is 2. The zero-order chi connectivity index (χ0) is 22.9. The molecular weight excluding hydrogens is 432 g/mol. The molecule has 0 saturated carbocycles. The van der Waals surface area contributed by atoms with E-state index in [1.54, 1.807) is 18.7 Å². The average Bonchev–Trinajstić information content (AvgIpc) is 3.60. The number of morpholine rings is 1. The Labute approximate surface area is 196 Å². The first-order chi connectivity index (χ1) is 16.8. The van der Waals surface area contributed by atoms with Crippen LogP contribution in [0, 0.1) is 0 Å². The summed E-state index contributed by atoms with van der Waals surface area (Å²) in [4.78, 5) is 22.3. The largest absolute Gasteiger partial charge is 0.378 e. The van der Waals surface area contributed by atoms with Gasteiger partial charge in [0, 0.05) is 31.7 Å². The second-order valence-electron chi connectivity index (χ2n) is 8.73. The fourth-order valence-corrected chi connectivity index (χ4v) is 4.76. The molecule has 0 aliphatic carbocycles. The smallest absolute Gasteiger partial charge is 0.257 e. The van der Waals surface area contributed by atoms with Crippen molar-refractivity contribution in [2.75, 3.05) is 44.3 Å². The second kappa shape index (κ2) is 8.90. The molecule has 6 rings (SSSR count). The maximum absolute atomic E-state index is 13.2. The molecule has 0 bridgehead atoms. The molecule has 2 aliphatic rings. The number of anilines is 1. The van der Waals surface area contributed by atoms with E-state index in [0.29, 0.717) is 18.8 Å². The minimum atomic E-state index is 0.0562. The maximum Gasteiger partial charge on any atom is 0.257 e. The number of aromatic nitrogens is 4. The summed E-state index contributed by atoms with van der Waals surface area (Å²) in [6, 6.07) is 10.0. The first-order valence-electron chi connectivity index (χ1n) is 11.8. The summed E-state index contributed by atoms with van der Waals surface area (Å²) < 4.78 is 12.5. The van der Waals surface area contributed by atoms with Gasteiger partial charge in [-0.1, -0.05) is 11.2 Å². The first-order valence-corrected chi connectivity index (χ1v) is 11.8. The number of nitrogens with zero attached hydrogens (tertiary/aromatic N) is 6. The molecule has 9 heteroatoms. The predicted octanol–water partition coefficient (Wildman–Crippen LogP) is 3.51. The molecule has 1 amide bonds. The van der Waals surface area contributed by atoms with Gasteiger partial charge in [0.2, 0.25) is 0 Å².